The number of fused-ring (bicyclic) bond motifs is 1. The van der Waals surface area contributed by atoms with E-state index in [4.69, 9.17) is 4.74 Å². The maximum atomic E-state index is 12.5. The van der Waals surface area contributed by atoms with Gasteiger partial charge in [0.1, 0.15) is 0 Å². The van der Waals surface area contributed by atoms with Crippen LogP contribution in [0.5, 0.6) is 0 Å². The zero-order chi connectivity index (χ0) is 16.4. The minimum atomic E-state index is -1.00. The first-order valence-corrected chi connectivity index (χ1v) is 7.74. The Morgan fingerprint density at radius 1 is 1.39 bits per heavy atom. The Kier molecular flexibility index (Phi) is 4.18. The molecule has 0 aliphatic carbocycles. The first-order valence-electron chi connectivity index (χ1n) is 7.74. The number of hydrogen-bond donors (Lipinski definition) is 0. The van der Waals surface area contributed by atoms with Crippen molar-refractivity contribution in [1.29, 1.82) is 0 Å². The molecule has 0 saturated carbocycles. The van der Waals surface area contributed by atoms with Crippen molar-refractivity contribution in [2.45, 2.75) is 25.8 Å². The van der Waals surface area contributed by atoms with E-state index in [1.807, 2.05) is 35.2 Å². The number of carbonyl (C=O) groups excluding carboxylic acids is 1. The van der Waals surface area contributed by atoms with Crippen LogP contribution in [0, 0.1) is 10.1 Å². The maximum absolute atomic E-state index is 12.5. The lowest BCUT2D eigenvalue weighted by Gasteiger charge is -2.39. The smallest absolute Gasteiger partial charge is 0.340 e. The van der Waals surface area contributed by atoms with Gasteiger partial charge in [-0.3, -0.25) is 10.1 Å². The molecule has 0 bridgehead atoms. The van der Waals surface area contributed by atoms with Crippen molar-refractivity contribution in [3.8, 4) is 0 Å². The molecule has 1 atom stereocenters. The average Bonchev–Trinajstić information content (AvgIpc) is 3.02. The zero-order valence-electron chi connectivity index (χ0n) is 13.0. The number of allylic oxidation sites excluding steroid dienone is 1. The van der Waals surface area contributed by atoms with E-state index in [0.717, 1.165) is 18.7 Å². The van der Waals surface area contributed by atoms with E-state index in [1.165, 1.54) is 0 Å². The number of nitro groups is 1. The summed E-state index contributed by atoms with van der Waals surface area (Å²) in [4.78, 5) is 27.5. The Bertz CT molecular complexity index is 644. The Hall–Kier alpha value is -2.57. The van der Waals surface area contributed by atoms with E-state index in [-0.39, 0.29) is 12.3 Å². The molecule has 1 aromatic carbocycles. The Morgan fingerprint density at radius 2 is 2.13 bits per heavy atom. The van der Waals surface area contributed by atoms with Crippen molar-refractivity contribution in [2.75, 3.05) is 24.7 Å². The number of carbonyl (C=O) groups is 1. The van der Waals surface area contributed by atoms with Gasteiger partial charge in [0.25, 0.3) is 5.70 Å². The fourth-order valence-electron chi connectivity index (χ4n) is 3.26. The molecular formula is C16H19N3O4. The van der Waals surface area contributed by atoms with Crippen molar-refractivity contribution in [3.63, 3.8) is 0 Å². The largest absolute Gasteiger partial charge is 0.464 e. The highest BCUT2D eigenvalue weighted by Crippen LogP contribution is 2.35. The van der Waals surface area contributed by atoms with Gasteiger partial charge in [0.05, 0.1) is 23.9 Å². The summed E-state index contributed by atoms with van der Waals surface area (Å²) in [6.07, 6.45) is 1.50. The number of esters is 1. The van der Waals surface area contributed by atoms with Gasteiger partial charge < -0.3 is 14.5 Å². The van der Waals surface area contributed by atoms with Crippen molar-refractivity contribution in [1.82, 2.24) is 4.90 Å². The molecule has 1 fully saturated rings. The van der Waals surface area contributed by atoms with Gasteiger partial charge in [0, 0.05) is 12.2 Å². The highest BCUT2D eigenvalue weighted by atomic mass is 16.6. The Balaban J connectivity index is 2.09. The van der Waals surface area contributed by atoms with Gasteiger partial charge in [-0.25, -0.2) is 4.79 Å². The lowest BCUT2D eigenvalue weighted by molar-refractivity contribution is -0.431. The van der Waals surface area contributed by atoms with E-state index in [1.54, 1.807) is 11.8 Å². The SMILES string of the molecule is CCOC(=O)C1C([N+](=O)[O-])=C2CCCN2CN1c1ccccc1. The standard InChI is InChI=1S/C16H19N3O4/c1-2-23-16(20)15-14(19(21)22)13-9-6-10-17(13)11-18(15)12-7-4-3-5-8-12/h3-5,7-8,15H,2,6,9-11H2,1H3. The lowest BCUT2D eigenvalue weighted by Crippen LogP contribution is -2.54. The molecule has 0 radical (unpaired) electrons. The van der Waals surface area contributed by atoms with Crippen LogP contribution >= 0.6 is 0 Å². The monoisotopic (exact) mass is 317 g/mol. The van der Waals surface area contributed by atoms with Crippen molar-refractivity contribution >= 4 is 11.7 Å². The van der Waals surface area contributed by atoms with Crippen LogP contribution in [-0.4, -0.2) is 41.7 Å². The first kappa shape index (κ1) is 15.3. The van der Waals surface area contributed by atoms with Crippen LogP contribution in [0.1, 0.15) is 19.8 Å². The highest BCUT2D eigenvalue weighted by Gasteiger charge is 2.47. The van der Waals surface area contributed by atoms with Gasteiger partial charge >= 0.3 is 5.97 Å². The molecular weight excluding hydrogens is 298 g/mol. The number of anilines is 1. The number of benzene rings is 1. The van der Waals surface area contributed by atoms with E-state index in [9.17, 15) is 14.9 Å². The van der Waals surface area contributed by atoms with Crippen LogP contribution < -0.4 is 4.90 Å². The van der Waals surface area contributed by atoms with Gasteiger partial charge in [-0.15, -0.1) is 0 Å². The van der Waals surface area contributed by atoms with E-state index >= 15 is 0 Å². The van der Waals surface area contributed by atoms with Crippen molar-refractivity contribution < 1.29 is 14.5 Å². The van der Waals surface area contributed by atoms with Crippen LogP contribution in [0.15, 0.2) is 41.7 Å². The molecule has 2 heterocycles. The van der Waals surface area contributed by atoms with E-state index < -0.39 is 16.9 Å². The molecule has 0 aromatic heterocycles. The summed E-state index contributed by atoms with van der Waals surface area (Å²) in [6.45, 7) is 3.13. The summed E-state index contributed by atoms with van der Waals surface area (Å²) in [7, 11) is 0. The van der Waals surface area contributed by atoms with Gasteiger partial charge in [-0.2, -0.15) is 0 Å². The van der Waals surface area contributed by atoms with Crippen LogP contribution in [0.3, 0.4) is 0 Å². The Labute approximate surface area is 134 Å². The van der Waals surface area contributed by atoms with Gasteiger partial charge in [-0.1, -0.05) is 18.2 Å². The minimum absolute atomic E-state index is 0.0453. The minimum Gasteiger partial charge on any atom is -0.464 e. The quantitative estimate of drug-likeness (QED) is 0.480. The summed E-state index contributed by atoms with van der Waals surface area (Å²) in [5, 5.41) is 11.7. The fraction of sp³-hybridized carbons (Fsp3) is 0.438. The second kappa shape index (κ2) is 6.28. The molecule has 0 spiro atoms. The van der Waals surface area contributed by atoms with E-state index in [2.05, 4.69) is 0 Å². The number of rotatable bonds is 4. The third kappa shape index (κ3) is 2.74. The van der Waals surface area contributed by atoms with Crippen molar-refractivity contribution in [3.05, 3.63) is 51.8 Å². The summed E-state index contributed by atoms with van der Waals surface area (Å²) < 4.78 is 5.12. The molecule has 2 aliphatic rings. The van der Waals surface area contributed by atoms with Gasteiger partial charge in [-0.05, 0) is 31.9 Å². The second-order valence-electron chi connectivity index (χ2n) is 5.56. The zero-order valence-corrected chi connectivity index (χ0v) is 13.0. The predicted octanol–water partition coefficient (Wildman–Crippen LogP) is 1.98. The molecule has 122 valence electrons. The predicted molar refractivity (Wildman–Crippen MR) is 84.2 cm³/mol. The molecule has 7 nitrogen and oxygen atoms in total. The summed E-state index contributed by atoms with van der Waals surface area (Å²) >= 11 is 0. The number of nitrogens with zero attached hydrogens (tertiary/aromatic N) is 3. The summed E-state index contributed by atoms with van der Waals surface area (Å²) in [5.41, 5.74) is 1.40. The topological polar surface area (TPSA) is 75.9 Å². The molecule has 7 heteroatoms. The highest BCUT2D eigenvalue weighted by molar-refractivity contribution is 5.84. The molecule has 0 N–H and O–H groups in total. The number of para-hydroxylation sites is 1. The van der Waals surface area contributed by atoms with E-state index in [0.29, 0.717) is 18.8 Å². The molecule has 23 heavy (non-hydrogen) atoms. The molecule has 1 aromatic rings. The molecule has 3 rings (SSSR count). The van der Waals surface area contributed by atoms with Crippen LogP contribution in [-0.2, 0) is 9.53 Å². The fourth-order valence-corrected chi connectivity index (χ4v) is 3.26. The van der Waals surface area contributed by atoms with Crippen LogP contribution in [0.25, 0.3) is 0 Å². The third-order valence-corrected chi connectivity index (χ3v) is 4.21. The normalized spacial score (nSPS) is 20.5. The van der Waals surface area contributed by atoms with Crippen LogP contribution in [0.2, 0.25) is 0 Å². The van der Waals surface area contributed by atoms with Crippen molar-refractivity contribution in [2.24, 2.45) is 0 Å². The van der Waals surface area contributed by atoms with Crippen LogP contribution in [0.4, 0.5) is 5.69 Å². The molecule has 1 unspecified atom stereocenters. The van der Waals surface area contributed by atoms with Gasteiger partial charge in [0.15, 0.2) is 0 Å². The number of hydrogen-bond acceptors (Lipinski definition) is 6. The first-order chi connectivity index (χ1) is 11.1. The van der Waals surface area contributed by atoms with Gasteiger partial charge in [0.2, 0.25) is 6.04 Å². The number of ether oxygens (including phenoxy) is 1. The molecule has 1 saturated heterocycles. The molecule has 2 aliphatic heterocycles. The lowest BCUT2D eigenvalue weighted by atomic mass is 10.1. The maximum Gasteiger partial charge on any atom is 0.340 e. The Morgan fingerprint density at radius 3 is 2.78 bits per heavy atom. The second-order valence-corrected chi connectivity index (χ2v) is 5.56. The summed E-state index contributed by atoms with van der Waals surface area (Å²) in [6, 6.07) is 8.28. The third-order valence-electron chi connectivity index (χ3n) is 4.21. The average molecular weight is 317 g/mol. The molecule has 0 amide bonds. The summed E-state index contributed by atoms with van der Waals surface area (Å²) in [5.74, 6) is -0.567.